The van der Waals surface area contributed by atoms with E-state index in [-0.39, 0.29) is 15.4 Å². The van der Waals surface area contributed by atoms with Crippen LogP contribution in [0.15, 0.2) is 82.6 Å². The number of rotatable bonds is 7. The quantitative estimate of drug-likeness (QED) is 0.390. The lowest BCUT2D eigenvalue weighted by molar-refractivity contribution is 0.102. The van der Waals surface area contributed by atoms with Crippen molar-refractivity contribution in [2.45, 2.75) is 9.79 Å². The van der Waals surface area contributed by atoms with Crippen molar-refractivity contribution in [1.29, 1.82) is 0 Å². The number of sulfonamides is 2. The van der Waals surface area contributed by atoms with E-state index in [2.05, 4.69) is 10.3 Å². The number of hydrogen-bond acceptors (Lipinski definition) is 7. The highest BCUT2D eigenvalue weighted by Crippen LogP contribution is 2.29. The van der Waals surface area contributed by atoms with Crippen molar-refractivity contribution in [3.8, 4) is 0 Å². The summed E-state index contributed by atoms with van der Waals surface area (Å²) in [6.07, 6.45) is 0. The molecule has 0 spiro atoms. The Hall–Kier alpha value is -3.32. The Bertz CT molecular complexity index is 1600. The number of para-hydroxylation sites is 1. The van der Waals surface area contributed by atoms with Gasteiger partial charge in [-0.25, -0.2) is 26.1 Å². The van der Waals surface area contributed by atoms with Gasteiger partial charge in [0.05, 0.1) is 25.7 Å². The zero-order valence-corrected chi connectivity index (χ0v) is 21.5. The van der Waals surface area contributed by atoms with E-state index in [1.807, 2.05) is 0 Å². The van der Waals surface area contributed by atoms with E-state index >= 15 is 0 Å². The van der Waals surface area contributed by atoms with Crippen LogP contribution >= 0.6 is 11.3 Å². The maximum absolute atomic E-state index is 12.9. The van der Waals surface area contributed by atoms with Crippen LogP contribution in [0.5, 0.6) is 0 Å². The molecule has 4 rings (SSSR count). The fraction of sp³-hybridized carbons (Fsp3) is 0.130. The van der Waals surface area contributed by atoms with Gasteiger partial charge in [0, 0.05) is 26.7 Å². The molecule has 1 heterocycles. The molecule has 0 aliphatic rings. The number of aromatic nitrogens is 1. The Kier molecular flexibility index (Phi) is 6.64. The summed E-state index contributed by atoms with van der Waals surface area (Å²) < 4.78 is 53.5. The van der Waals surface area contributed by atoms with Crippen molar-refractivity contribution < 1.29 is 21.6 Å². The highest BCUT2D eigenvalue weighted by atomic mass is 32.2. The van der Waals surface area contributed by atoms with Crippen molar-refractivity contribution in [2.24, 2.45) is 0 Å². The first-order valence-corrected chi connectivity index (χ1v) is 14.0. The number of fused-ring (bicyclic) bond motifs is 1. The van der Waals surface area contributed by atoms with Crippen LogP contribution in [0.1, 0.15) is 10.4 Å². The summed E-state index contributed by atoms with van der Waals surface area (Å²) in [4.78, 5) is 17.2. The highest BCUT2D eigenvalue weighted by Gasteiger charge is 2.22. The molecule has 0 radical (unpaired) electrons. The number of anilines is 2. The van der Waals surface area contributed by atoms with Gasteiger partial charge in [-0.15, -0.1) is 0 Å². The van der Waals surface area contributed by atoms with Crippen molar-refractivity contribution in [1.82, 2.24) is 9.29 Å². The lowest BCUT2D eigenvalue weighted by Crippen LogP contribution is -2.26. The van der Waals surface area contributed by atoms with Crippen LogP contribution in [-0.2, 0) is 20.0 Å². The standard InChI is InChI=1S/C23H22N4O5S3/c1-26(2)34(29,30)19-13-14-20-21(15-19)33-23(24-20)25-22(28)16-9-11-18(12-10-16)35(31,32)27(3)17-7-5-4-6-8-17/h4-15H,1-3H3,(H,24,25,28). The van der Waals surface area contributed by atoms with Crippen molar-refractivity contribution in [2.75, 3.05) is 30.8 Å². The summed E-state index contributed by atoms with van der Waals surface area (Å²) in [7, 11) is -3.02. The number of carbonyl (C=O) groups excluding carboxylic acids is 1. The van der Waals surface area contributed by atoms with E-state index in [1.165, 1.54) is 61.8 Å². The minimum Gasteiger partial charge on any atom is -0.298 e. The Morgan fingerprint density at radius 3 is 2.09 bits per heavy atom. The number of thiazole rings is 1. The molecule has 0 unspecified atom stereocenters. The molecule has 0 saturated heterocycles. The second kappa shape index (κ2) is 9.38. The molecule has 0 atom stereocenters. The van der Waals surface area contributed by atoms with Crippen molar-refractivity contribution in [3.63, 3.8) is 0 Å². The third-order valence-electron chi connectivity index (χ3n) is 5.25. The Balaban J connectivity index is 1.52. The van der Waals surface area contributed by atoms with Gasteiger partial charge in [-0.1, -0.05) is 29.5 Å². The van der Waals surface area contributed by atoms with Gasteiger partial charge in [0.15, 0.2) is 5.13 Å². The van der Waals surface area contributed by atoms with Crippen LogP contribution in [-0.4, -0.2) is 53.2 Å². The summed E-state index contributed by atoms with van der Waals surface area (Å²) >= 11 is 1.14. The first-order valence-electron chi connectivity index (χ1n) is 10.3. The van der Waals surface area contributed by atoms with E-state index in [1.54, 1.807) is 36.4 Å². The summed E-state index contributed by atoms with van der Waals surface area (Å²) in [5.41, 5.74) is 1.32. The summed E-state index contributed by atoms with van der Waals surface area (Å²) in [6, 6.07) is 18.8. The fourth-order valence-corrected chi connectivity index (χ4v) is 6.31. The normalized spacial score (nSPS) is 12.1. The summed E-state index contributed by atoms with van der Waals surface area (Å²) in [5, 5.41) is 2.98. The first kappa shape index (κ1) is 24.8. The maximum Gasteiger partial charge on any atom is 0.264 e. The van der Waals surface area contributed by atoms with E-state index in [9.17, 15) is 21.6 Å². The molecule has 0 aliphatic carbocycles. The smallest absolute Gasteiger partial charge is 0.264 e. The number of amides is 1. The molecular weight excluding hydrogens is 508 g/mol. The van der Waals surface area contributed by atoms with Gasteiger partial charge in [0.25, 0.3) is 15.9 Å². The third kappa shape index (κ3) is 4.91. The molecule has 0 fully saturated rings. The zero-order valence-electron chi connectivity index (χ0n) is 19.0. The fourth-order valence-electron chi connectivity index (χ4n) is 3.21. The largest absolute Gasteiger partial charge is 0.298 e. The van der Waals surface area contributed by atoms with Crippen LogP contribution in [0.25, 0.3) is 10.2 Å². The second-order valence-electron chi connectivity index (χ2n) is 7.72. The molecule has 0 bridgehead atoms. The molecule has 1 aromatic heterocycles. The highest BCUT2D eigenvalue weighted by molar-refractivity contribution is 7.92. The molecule has 182 valence electrons. The molecule has 0 saturated carbocycles. The predicted molar refractivity (Wildman–Crippen MR) is 137 cm³/mol. The van der Waals surface area contributed by atoms with E-state index < -0.39 is 26.0 Å². The predicted octanol–water partition coefficient (Wildman–Crippen LogP) is 3.62. The molecule has 12 heteroatoms. The summed E-state index contributed by atoms with van der Waals surface area (Å²) in [5.74, 6) is -0.467. The van der Waals surface area contributed by atoms with Crippen molar-refractivity contribution >= 4 is 58.3 Å². The minimum atomic E-state index is -3.79. The van der Waals surface area contributed by atoms with Crippen molar-refractivity contribution in [3.05, 3.63) is 78.4 Å². The Morgan fingerprint density at radius 2 is 1.46 bits per heavy atom. The molecule has 1 N–H and O–H groups in total. The second-order valence-corrected chi connectivity index (χ2v) is 12.9. The Morgan fingerprint density at radius 1 is 0.829 bits per heavy atom. The zero-order chi connectivity index (χ0) is 25.4. The maximum atomic E-state index is 12.9. The van der Waals surface area contributed by atoms with Gasteiger partial charge in [0.1, 0.15) is 0 Å². The molecular formula is C23H22N4O5S3. The average Bonchev–Trinajstić information content (AvgIpc) is 3.25. The van der Waals surface area contributed by atoms with Crippen LogP contribution in [0.4, 0.5) is 10.8 Å². The van der Waals surface area contributed by atoms with Crippen LogP contribution in [0.3, 0.4) is 0 Å². The van der Waals surface area contributed by atoms with E-state index in [0.717, 1.165) is 15.6 Å². The number of nitrogens with zero attached hydrogens (tertiary/aromatic N) is 3. The van der Waals surface area contributed by atoms with Gasteiger partial charge in [0.2, 0.25) is 10.0 Å². The third-order valence-corrected chi connectivity index (χ3v) is 9.80. The van der Waals surface area contributed by atoms with E-state index in [4.69, 9.17) is 0 Å². The van der Waals surface area contributed by atoms with Gasteiger partial charge in [-0.2, -0.15) is 0 Å². The molecule has 4 aromatic rings. The molecule has 0 aliphatic heterocycles. The number of benzene rings is 3. The van der Waals surface area contributed by atoms with Gasteiger partial charge < -0.3 is 0 Å². The van der Waals surface area contributed by atoms with E-state index in [0.29, 0.717) is 21.0 Å². The van der Waals surface area contributed by atoms with Crippen LogP contribution in [0, 0.1) is 0 Å². The van der Waals surface area contributed by atoms with Crippen LogP contribution < -0.4 is 9.62 Å². The SMILES string of the molecule is CN(C)S(=O)(=O)c1ccc2nc(NC(=O)c3ccc(S(=O)(=O)N(C)c4ccccc4)cc3)sc2c1. The topological polar surface area (TPSA) is 117 Å². The Labute approximate surface area is 207 Å². The lowest BCUT2D eigenvalue weighted by atomic mass is 10.2. The number of hydrogen-bond donors (Lipinski definition) is 1. The molecule has 35 heavy (non-hydrogen) atoms. The average molecular weight is 531 g/mol. The molecule has 9 nitrogen and oxygen atoms in total. The number of carbonyl (C=O) groups is 1. The number of nitrogens with one attached hydrogen (secondary N) is 1. The van der Waals surface area contributed by atoms with Crippen LogP contribution in [0.2, 0.25) is 0 Å². The first-order chi connectivity index (χ1) is 16.5. The van der Waals surface area contributed by atoms with Gasteiger partial charge >= 0.3 is 0 Å². The minimum absolute atomic E-state index is 0.0509. The van der Waals surface area contributed by atoms with Gasteiger partial charge in [-0.3, -0.25) is 14.4 Å². The monoisotopic (exact) mass is 530 g/mol. The summed E-state index contributed by atoms with van der Waals surface area (Å²) in [6.45, 7) is 0. The van der Waals surface area contributed by atoms with Gasteiger partial charge in [-0.05, 0) is 54.6 Å². The molecule has 3 aromatic carbocycles. The lowest BCUT2D eigenvalue weighted by Gasteiger charge is -2.19. The molecule has 1 amide bonds.